The molecule has 2 aliphatic rings. The number of rotatable bonds is 8. The monoisotopic (exact) mass is 520 g/mol. The number of carboxylic acids is 1. The SMILES string of the molecule is CC(=O)NC/C=C\SC1=C(C(=O)[O-])N2C(=O)C(NC(=O)/C(=N\O)c3csc(N)n3)[C@H]2SC1.[Na+]. The third-order valence-electron chi connectivity index (χ3n) is 4.27. The van der Waals surface area contributed by atoms with Gasteiger partial charge < -0.3 is 31.5 Å². The molecule has 3 heterocycles. The molecule has 2 atom stereocenters. The largest absolute Gasteiger partial charge is 1.00 e. The van der Waals surface area contributed by atoms with Crippen LogP contribution in [0.15, 0.2) is 32.6 Å². The Balaban J connectivity index is 0.00000385. The minimum atomic E-state index is -1.51. The van der Waals surface area contributed by atoms with E-state index in [1.807, 2.05) is 0 Å². The van der Waals surface area contributed by atoms with Crippen LogP contribution in [0.2, 0.25) is 0 Å². The van der Waals surface area contributed by atoms with E-state index in [4.69, 9.17) is 5.73 Å². The molecule has 0 saturated carbocycles. The summed E-state index contributed by atoms with van der Waals surface area (Å²) in [4.78, 5) is 53.1. The Bertz CT molecular complexity index is 1060. The van der Waals surface area contributed by atoms with Crippen molar-refractivity contribution in [3.63, 3.8) is 0 Å². The molecule has 33 heavy (non-hydrogen) atoms. The van der Waals surface area contributed by atoms with E-state index in [0.29, 0.717) is 4.91 Å². The van der Waals surface area contributed by atoms with Gasteiger partial charge in [0.25, 0.3) is 11.8 Å². The van der Waals surface area contributed by atoms with Crippen molar-refractivity contribution in [3.05, 3.63) is 33.2 Å². The van der Waals surface area contributed by atoms with Crippen LogP contribution in [0.4, 0.5) is 5.13 Å². The van der Waals surface area contributed by atoms with E-state index >= 15 is 0 Å². The summed E-state index contributed by atoms with van der Waals surface area (Å²) in [5.74, 6) is -2.93. The van der Waals surface area contributed by atoms with Gasteiger partial charge in [0.1, 0.15) is 17.1 Å². The number of nitrogens with two attached hydrogens (primary N) is 1. The predicted octanol–water partition coefficient (Wildman–Crippen LogP) is -4.35. The number of nitrogens with one attached hydrogen (secondary N) is 2. The zero-order valence-corrected chi connectivity index (χ0v) is 21.9. The molecule has 1 fully saturated rings. The van der Waals surface area contributed by atoms with Crippen molar-refractivity contribution >= 4 is 69.4 Å². The molecule has 0 aromatic carbocycles. The van der Waals surface area contributed by atoms with Crippen LogP contribution < -0.4 is 51.0 Å². The minimum Gasteiger partial charge on any atom is -0.543 e. The molecule has 3 amide bonds. The van der Waals surface area contributed by atoms with Gasteiger partial charge in [0, 0.05) is 29.5 Å². The average Bonchev–Trinajstić information content (AvgIpc) is 3.17. The molecule has 1 saturated heterocycles. The maximum Gasteiger partial charge on any atom is 1.00 e. The number of thiazole rings is 1. The third-order valence-corrected chi connectivity index (χ3v) is 7.36. The van der Waals surface area contributed by atoms with Crippen LogP contribution in [-0.4, -0.2) is 68.2 Å². The molecule has 0 aliphatic carbocycles. The standard InChI is InChI=1S/C17H18N6O6S3.Na/c1-7(24)19-3-2-4-30-9-6-31-15-11(14(26)23(15)12(9)16(27)28)21-13(25)10(22-29)8-5-32-17(18)20-8;/h2,4-5,11,15,29H,3,6H2,1H3,(H2,18,20)(H,19,24)(H,21,25)(H,27,28);/q;+1/p-1/b4-2-,22-10-;/t11?,15-;/m1./s1. The van der Waals surface area contributed by atoms with Gasteiger partial charge in [-0.2, -0.15) is 0 Å². The average molecular weight is 521 g/mol. The Kier molecular flexibility index (Phi) is 9.81. The maximum atomic E-state index is 12.7. The number of carbonyl (C=O) groups is 4. The summed E-state index contributed by atoms with van der Waals surface area (Å²) in [5.41, 5.74) is 4.89. The predicted molar refractivity (Wildman–Crippen MR) is 117 cm³/mol. The topological polar surface area (TPSA) is 190 Å². The van der Waals surface area contributed by atoms with Gasteiger partial charge in [-0.3, -0.25) is 19.3 Å². The summed E-state index contributed by atoms with van der Waals surface area (Å²) < 4.78 is 0. The summed E-state index contributed by atoms with van der Waals surface area (Å²) >= 11 is 3.42. The number of carboxylic acid groups (broad SMARTS) is 1. The number of β-lactam (4-membered cyclic amide) rings is 1. The van der Waals surface area contributed by atoms with Crippen molar-refractivity contribution < 1.29 is 59.0 Å². The van der Waals surface area contributed by atoms with E-state index in [2.05, 4.69) is 20.8 Å². The van der Waals surface area contributed by atoms with E-state index in [1.54, 1.807) is 11.5 Å². The molecule has 5 N–H and O–H groups in total. The van der Waals surface area contributed by atoms with Gasteiger partial charge in [-0.05, 0) is 5.41 Å². The summed E-state index contributed by atoms with van der Waals surface area (Å²) in [6.07, 6.45) is 1.64. The Morgan fingerprint density at radius 1 is 1.48 bits per heavy atom. The molecule has 12 nitrogen and oxygen atoms in total. The van der Waals surface area contributed by atoms with Crippen molar-refractivity contribution in [2.45, 2.75) is 18.3 Å². The fraction of sp³-hybridized carbons (Fsp3) is 0.294. The molecule has 170 valence electrons. The number of fused-ring (bicyclic) bond motifs is 1. The van der Waals surface area contributed by atoms with Crippen LogP contribution in [0, 0.1) is 0 Å². The van der Waals surface area contributed by atoms with Gasteiger partial charge in [0.2, 0.25) is 5.91 Å². The zero-order chi connectivity index (χ0) is 23.4. The Labute approximate surface area is 222 Å². The number of hydrogen-bond donors (Lipinski definition) is 4. The Morgan fingerprint density at radius 3 is 2.79 bits per heavy atom. The number of aliphatic carboxylic acids is 1. The number of oxime groups is 1. The number of hydrogen-bond acceptors (Lipinski definition) is 12. The second-order valence-corrected chi connectivity index (χ2v) is 9.36. The number of nitrogens with zero attached hydrogens (tertiary/aromatic N) is 3. The Hall–Kier alpha value is -2.04. The normalized spacial score (nSPS) is 20.1. The molecule has 0 radical (unpaired) electrons. The Morgan fingerprint density at radius 2 is 2.21 bits per heavy atom. The van der Waals surface area contributed by atoms with Crippen LogP contribution in [0.1, 0.15) is 12.6 Å². The molecule has 0 spiro atoms. The first-order valence-electron chi connectivity index (χ1n) is 8.94. The molecule has 1 aromatic rings. The molecular weight excluding hydrogens is 503 g/mol. The van der Waals surface area contributed by atoms with E-state index < -0.39 is 34.9 Å². The molecule has 16 heteroatoms. The number of anilines is 1. The summed E-state index contributed by atoms with van der Waals surface area (Å²) in [6.45, 7) is 1.66. The quantitative estimate of drug-likeness (QED) is 0.0857. The van der Waals surface area contributed by atoms with E-state index in [-0.39, 0.29) is 64.3 Å². The maximum absolute atomic E-state index is 12.7. The van der Waals surface area contributed by atoms with Crippen LogP contribution >= 0.6 is 34.9 Å². The minimum absolute atomic E-state index is 0. The second kappa shape index (κ2) is 11.9. The van der Waals surface area contributed by atoms with Crippen LogP contribution in [0.25, 0.3) is 0 Å². The summed E-state index contributed by atoms with van der Waals surface area (Å²) in [5, 5.41) is 31.4. The molecule has 3 rings (SSSR count). The van der Waals surface area contributed by atoms with Gasteiger partial charge in [-0.1, -0.05) is 23.0 Å². The number of carbonyl (C=O) groups excluding carboxylic acids is 4. The fourth-order valence-corrected chi connectivity index (χ4v) is 5.74. The fourth-order valence-electron chi connectivity index (χ4n) is 2.87. The van der Waals surface area contributed by atoms with Crippen molar-refractivity contribution in [2.75, 3.05) is 18.0 Å². The first-order valence-corrected chi connectivity index (χ1v) is 11.7. The van der Waals surface area contributed by atoms with Crippen LogP contribution in [0.3, 0.4) is 0 Å². The van der Waals surface area contributed by atoms with Crippen molar-refractivity contribution in [3.8, 4) is 0 Å². The van der Waals surface area contributed by atoms with Gasteiger partial charge in [-0.25, -0.2) is 4.98 Å². The molecule has 2 aliphatic heterocycles. The number of nitrogen functional groups attached to an aromatic ring is 1. The smallest absolute Gasteiger partial charge is 0.543 e. The van der Waals surface area contributed by atoms with Gasteiger partial charge in [0.15, 0.2) is 10.8 Å². The molecule has 0 bridgehead atoms. The van der Waals surface area contributed by atoms with Crippen molar-refractivity contribution in [2.24, 2.45) is 5.16 Å². The summed E-state index contributed by atoms with van der Waals surface area (Å²) in [7, 11) is 0. The van der Waals surface area contributed by atoms with Gasteiger partial charge in [-0.15, -0.1) is 23.1 Å². The van der Waals surface area contributed by atoms with Gasteiger partial charge in [0.05, 0.1) is 11.7 Å². The van der Waals surface area contributed by atoms with Crippen LogP contribution in [-0.2, 0) is 19.2 Å². The van der Waals surface area contributed by atoms with Crippen LogP contribution in [0.5, 0.6) is 0 Å². The number of aromatic nitrogens is 1. The second-order valence-electron chi connectivity index (χ2n) is 6.37. The van der Waals surface area contributed by atoms with Crippen molar-refractivity contribution in [1.82, 2.24) is 20.5 Å². The molecule has 1 unspecified atom stereocenters. The van der Waals surface area contributed by atoms with Gasteiger partial charge >= 0.3 is 29.6 Å². The number of thioether (sulfide) groups is 2. The van der Waals surface area contributed by atoms with E-state index in [9.17, 15) is 29.5 Å². The first kappa shape index (κ1) is 27.2. The molecule has 1 aromatic heterocycles. The summed E-state index contributed by atoms with van der Waals surface area (Å²) in [6, 6.07) is -1.02. The van der Waals surface area contributed by atoms with Crippen molar-refractivity contribution in [1.29, 1.82) is 0 Å². The number of amides is 3. The van der Waals surface area contributed by atoms with E-state index in [0.717, 1.165) is 28.0 Å². The molecular formula is C17H17N6NaO6S3. The van der Waals surface area contributed by atoms with E-state index in [1.165, 1.54) is 24.1 Å². The third kappa shape index (κ3) is 6.10. The first-order chi connectivity index (χ1) is 15.2. The zero-order valence-electron chi connectivity index (χ0n) is 17.4.